The molecule has 0 fully saturated rings. The molecule has 0 aliphatic carbocycles. The van der Waals surface area contributed by atoms with Crippen LogP contribution in [0.5, 0.6) is 0 Å². The Kier molecular flexibility index (Phi) is 47.2. The van der Waals surface area contributed by atoms with Gasteiger partial charge in [-0.25, -0.2) is 0 Å². The summed E-state index contributed by atoms with van der Waals surface area (Å²) in [5.41, 5.74) is 6.26. The van der Waals surface area contributed by atoms with E-state index in [1.165, 1.54) is 0 Å². The molecule has 0 aliphatic rings. The third-order valence-corrected chi connectivity index (χ3v) is 2.90. The van der Waals surface area contributed by atoms with Gasteiger partial charge in [0.15, 0.2) is 0 Å². The molecule has 0 aromatic rings. The van der Waals surface area contributed by atoms with Crippen LogP contribution < -0.4 is 5.84 Å². The van der Waals surface area contributed by atoms with E-state index in [-0.39, 0.29) is 0 Å². The third kappa shape index (κ3) is 59.0. The highest BCUT2D eigenvalue weighted by molar-refractivity contribution is 4.20. The topological polar surface area (TPSA) is 952 Å². The molecule has 0 aliphatic heterocycles. The van der Waals surface area contributed by atoms with Crippen LogP contribution in [0, 0.1) is 5.53 Å². The molecule has 3 N–H and O–H groups in total. The first kappa shape index (κ1) is 60.0. The van der Waals surface area contributed by atoms with Crippen molar-refractivity contribution in [1.82, 2.24) is 0 Å². The number of nitrogens with zero attached hydrogens (tertiary/aromatic N) is 73. The van der Waals surface area contributed by atoms with Crippen molar-refractivity contribution in [3.63, 3.8) is 0 Å². The molecule has 0 unspecified atom stereocenters. The molecule has 0 rings (SSSR count). The monoisotopic (exact) mass is 1050 g/mol. The molecule has 75 heavy (non-hydrogen) atoms. The molecule has 0 heterocycles. The summed E-state index contributed by atoms with van der Waals surface area (Å²) in [7, 11) is 0. The van der Waals surface area contributed by atoms with E-state index < -0.39 is 0 Å². The Bertz CT molecular complexity index is 2600. The Morgan fingerprint density at radius 2 is 0.173 bits per heavy atom. The summed E-state index contributed by atoms with van der Waals surface area (Å²) in [6.45, 7) is 0. The van der Waals surface area contributed by atoms with Crippen molar-refractivity contribution in [2.24, 2.45) is 387 Å². The summed E-state index contributed by atoms with van der Waals surface area (Å²) < 4.78 is 0. The van der Waals surface area contributed by atoms with E-state index in [2.05, 4.69) is 387 Å². The van der Waals surface area contributed by atoms with Crippen LogP contribution in [0.25, 0.3) is 0 Å². The fourth-order valence-electron chi connectivity index (χ4n) is 1.28. The molecule has 0 saturated heterocycles. The highest BCUT2D eigenvalue weighted by Gasteiger charge is 1.77. The maximum atomic E-state index is 6.26. The second kappa shape index (κ2) is 59.0. The summed E-state index contributed by atoms with van der Waals surface area (Å²) in [4.78, 5) is 0. The molecule has 75 nitrogen and oxygen atoms in total. The molecule has 0 atom stereocenters. The van der Waals surface area contributed by atoms with Gasteiger partial charge in [0.05, 0.1) is 0 Å². The van der Waals surface area contributed by atoms with Gasteiger partial charge in [-0.15, -0.1) is 0 Å². The van der Waals surface area contributed by atoms with E-state index in [0.717, 1.165) is 0 Å². The van der Waals surface area contributed by atoms with Crippen LogP contribution in [0.4, 0.5) is 0 Å². The second-order valence-electron chi connectivity index (χ2n) is 6.57. The number of hydrogen-bond acceptors (Lipinski definition) is 2. The van der Waals surface area contributed by atoms with Crippen LogP contribution in [0.3, 0.4) is 0 Å². The predicted octanol–water partition coefficient (Wildman–Crippen LogP) is 13.1. The van der Waals surface area contributed by atoms with Gasteiger partial charge < -0.3 is 5.84 Å². The molecule has 0 aromatic carbocycles. The summed E-state index contributed by atoms with van der Waals surface area (Å²) in [6, 6.07) is 0. The Labute approximate surface area is 393 Å². The highest BCUT2D eigenvalue weighted by atomic mass is 15.8. The Hall–Kier alpha value is -15.0. The van der Waals surface area contributed by atoms with Crippen molar-refractivity contribution in [3.8, 4) is 0 Å². The van der Waals surface area contributed by atoms with Crippen LogP contribution in [0.15, 0.2) is 381 Å². The first-order valence-electron chi connectivity index (χ1n) is 14.9. The summed E-state index contributed by atoms with van der Waals surface area (Å²) in [5, 5.41) is 217. The number of nitrogens with one attached hydrogen (secondary N) is 1. The molecule has 0 aromatic heterocycles. The number of rotatable bonds is 36. The maximum Gasteiger partial charge on any atom is 0 e. The fourth-order valence-corrected chi connectivity index (χ4v) is 1.28. The van der Waals surface area contributed by atoms with E-state index in [0.29, 0.717) is 0 Å². The minimum absolute atomic E-state index is 2.50. The van der Waals surface area contributed by atoms with Crippen LogP contribution in [-0.2, 0) is 0 Å². The largest absolute Gasteiger partial charge is 0.303 e. The van der Waals surface area contributed by atoms with Crippen molar-refractivity contribution in [2.75, 3.05) is 0 Å². The van der Waals surface area contributed by atoms with E-state index in [1.807, 2.05) is 0 Å². The smallest absolute Gasteiger partial charge is 0 e. The lowest BCUT2D eigenvalue weighted by Gasteiger charge is -1.70. The maximum absolute atomic E-state index is 6.26. The van der Waals surface area contributed by atoms with Gasteiger partial charge in [0, 0.05) is 298 Å². The number of nitrogens with two attached hydrogens (primary N) is 1. The zero-order chi connectivity index (χ0) is 53.6. The first-order chi connectivity index (χ1) is 37.4. The Balaban J connectivity index is 4.10. The quantitative estimate of drug-likeness (QED) is 0.0345. The first-order valence-corrected chi connectivity index (χ1v) is 14.9. The van der Waals surface area contributed by atoms with Crippen molar-refractivity contribution >= 4 is 0 Å². The average Bonchev–Trinajstić information content (AvgIpc) is 3.42. The second-order valence-corrected chi connectivity index (χ2v) is 6.57. The summed E-state index contributed by atoms with van der Waals surface area (Å²) >= 11 is 0. The number of hydrogen-bond donors (Lipinski definition) is 2. The minimum atomic E-state index is 2.50. The zero-order valence-electron chi connectivity index (χ0n) is 33.7. The van der Waals surface area contributed by atoms with Crippen molar-refractivity contribution in [2.45, 2.75) is 0 Å². The SMILES string of the molecule is N=N/N=N/N=N/N=N/N=N/N=N/N=N/N=N/N=N/N=N/N=N/N=N/N=N/N=N/N=N/N=N/N=N/N=N/N=N/N=N/N=N/N=N/N=N/N=N/N=N/N=N/N=N/N=N/N=N/N=N/N=N/N=N/N=N/N=N/N=N/N=N/N=N/N. The van der Waals surface area contributed by atoms with Crippen LogP contribution in [0.2, 0.25) is 0 Å². The summed E-state index contributed by atoms with van der Waals surface area (Å²) in [6.07, 6.45) is 0. The molecule has 378 valence electrons. The van der Waals surface area contributed by atoms with E-state index in [9.17, 15) is 0 Å². The summed E-state index contributed by atoms with van der Waals surface area (Å²) in [5.74, 6) is 4.63. The van der Waals surface area contributed by atoms with E-state index >= 15 is 0 Å². The lowest BCUT2D eigenvalue weighted by atomic mass is 12.3. The van der Waals surface area contributed by atoms with Gasteiger partial charge in [-0.05, 0) is 78.3 Å². The van der Waals surface area contributed by atoms with Gasteiger partial charge in [0.1, 0.15) is 0 Å². The van der Waals surface area contributed by atoms with E-state index in [4.69, 9.17) is 5.53 Å². The molecule has 0 radical (unpaired) electrons. The molecule has 0 amide bonds. The average molecular weight is 1050 g/mol. The Morgan fingerprint density at radius 1 is 0.107 bits per heavy atom. The lowest BCUT2D eigenvalue weighted by molar-refractivity contribution is 0.723. The highest BCUT2D eigenvalue weighted by Crippen LogP contribution is 1.96. The Morgan fingerprint density at radius 3 is 0.240 bits per heavy atom. The van der Waals surface area contributed by atoms with Crippen molar-refractivity contribution in [3.05, 3.63) is 0 Å². The van der Waals surface area contributed by atoms with Crippen LogP contribution >= 0.6 is 0 Å². The molecule has 0 saturated carbocycles. The lowest BCUT2D eigenvalue weighted by Crippen LogP contribution is -1.70. The molecular formula is H3N75. The zero-order valence-corrected chi connectivity index (χ0v) is 33.7. The fraction of sp³-hybridized carbons (Fsp3) is 0. The minimum Gasteiger partial charge on any atom is -0.303 e. The van der Waals surface area contributed by atoms with Gasteiger partial charge in [-0.3, -0.25) is 0 Å². The normalized spacial score (nSPS) is 15.5. The van der Waals surface area contributed by atoms with Crippen molar-refractivity contribution in [1.29, 1.82) is 5.53 Å². The van der Waals surface area contributed by atoms with Crippen molar-refractivity contribution < 1.29 is 0 Å². The van der Waals surface area contributed by atoms with Gasteiger partial charge in [0.2, 0.25) is 0 Å². The van der Waals surface area contributed by atoms with Gasteiger partial charge in [0.25, 0.3) is 0 Å². The van der Waals surface area contributed by atoms with Gasteiger partial charge in [-0.2, -0.15) is 5.53 Å². The van der Waals surface area contributed by atoms with E-state index in [1.54, 1.807) is 0 Å². The van der Waals surface area contributed by atoms with Gasteiger partial charge >= 0.3 is 0 Å². The predicted molar refractivity (Wildman–Crippen MR) is 184 cm³/mol. The molecule has 0 spiro atoms. The van der Waals surface area contributed by atoms with Crippen LogP contribution in [-0.4, -0.2) is 0 Å². The molecular weight excluding hydrogens is 1050 g/mol. The molecule has 0 bridgehead atoms. The molecule has 75 heteroatoms. The van der Waals surface area contributed by atoms with Crippen LogP contribution in [0.1, 0.15) is 0 Å². The third-order valence-electron chi connectivity index (χ3n) is 2.90. The standard InChI is InChI=1S/H3N75/c1-3-5-7-9-11-13-15-17-19-21-23-25-27-29-31-33-35-37-39-41-43-45-47-49-51-53-55-57-59-61-63-65-67-69-71-73-75-74-72-70-68-66-64-62-60-58-56-54-52-50-48-46-44-42-40-38-36-34-32-30-28-26-24-22-20-18-16-14-12-10-8-6-4-2/h(H3,1,2,5,6,9,10,13,14,17,18,21,22,25,26,29,30,33,34,37,38,41,42,45,46,49,50,53,54,57,58,61,62,65,66,69,70,73,74). The van der Waals surface area contributed by atoms with Gasteiger partial charge in [-0.1, -0.05) is 5.22 Å².